The van der Waals surface area contributed by atoms with Gasteiger partial charge in [-0.05, 0) is 26.0 Å². The molecule has 5 nitrogen and oxygen atoms in total. The van der Waals surface area contributed by atoms with E-state index in [1.54, 1.807) is 56.3 Å². The molecule has 1 heterocycles. The van der Waals surface area contributed by atoms with Gasteiger partial charge in [0.25, 0.3) is 10.0 Å². The van der Waals surface area contributed by atoms with Gasteiger partial charge in [-0.3, -0.25) is 0 Å². The predicted molar refractivity (Wildman–Crippen MR) is 105 cm³/mol. The Bertz CT molecular complexity index is 1070. The molecular weight excluding hydrogens is 386 g/mol. The first-order chi connectivity index (χ1) is 12.9. The van der Waals surface area contributed by atoms with Crippen molar-refractivity contribution >= 4 is 27.6 Å². The van der Waals surface area contributed by atoms with E-state index in [4.69, 9.17) is 16.3 Å². The van der Waals surface area contributed by atoms with Crippen molar-refractivity contribution in [3.8, 4) is 11.3 Å². The molecule has 1 aromatic heterocycles. The average molecular weight is 404 g/mol. The summed E-state index contributed by atoms with van der Waals surface area (Å²) in [5.41, 5.74) is 1.08. The Morgan fingerprint density at radius 1 is 1.04 bits per heavy atom. The van der Waals surface area contributed by atoms with Crippen LogP contribution in [0.25, 0.3) is 11.3 Å². The third-order valence-electron chi connectivity index (χ3n) is 4.11. The van der Waals surface area contributed by atoms with Gasteiger partial charge < -0.3 is 4.74 Å². The van der Waals surface area contributed by atoms with Crippen LogP contribution < -0.4 is 0 Å². The number of carbonyl (C=O) groups is 1. The van der Waals surface area contributed by atoms with Gasteiger partial charge in [0.05, 0.1) is 22.2 Å². The summed E-state index contributed by atoms with van der Waals surface area (Å²) in [6, 6.07) is 16.9. The summed E-state index contributed by atoms with van der Waals surface area (Å²) in [5.74, 6) is -0.654. The van der Waals surface area contributed by atoms with Crippen LogP contribution in [0.15, 0.2) is 65.6 Å². The lowest BCUT2D eigenvalue weighted by atomic mass is 10.1. The van der Waals surface area contributed by atoms with Gasteiger partial charge in [0, 0.05) is 11.3 Å². The molecule has 2 aromatic carbocycles. The highest BCUT2D eigenvalue weighted by Crippen LogP contribution is 2.38. The zero-order chi connectivity index (χ0) is 19.6. The van der Waals surface area contributed by atoms with Gasteiger partial charge in [-0.15, -0.1) is 0 Å². The molecule has 0 atom stereocenters. The molecule has 0 bridgehead atoms. The van der Waals surface area contributed by atoms with Crippen molar-refractivity contribution in [2.75, 3.05) is 6.61 Å². The lowest BCUT2D eigenvalue weighted by molar-refractivity contribution is 0.0526. The van der Waals surface area contributed by atoms with Crippen molar-refractivity contribution < 1.29 is 17.9 Å². The molecule has 3 aromatic rings. The number of esters is 1. The van der Waals surface area contributed by atoms with E-state index in [9.17, 15) is 13.2 Å². The van der Waals surface area contributed by atoms with Gasteiger partial charge in [-0.25, -0.2) is 17.2 Å². The molecule has 0 unspecified atom stereocenters. The van der Waals surface area contributed by atoms with Gasteiger partial charge >= 0.3 is 5.97 Å². The van der Waals surface area contributed by atoms with E-state index in [0.717, 1.165) is 3.97 Å². The fourth-order valence-electron chi connectivity index (χ4n) is 2.91. The summed E-state index contributed by atoms with van der Waals surface area (Å²) >= 11 is 6.51. The monoisotopic (exact) mass is 403 g/mol. The molecule has 0 radical (unpaired) electrons. The van der Waals surface area contributed by atoms with Crippen molar-refractivity contribution in [1.29, 1.82) is 0 Å². The number of nitrogens with zero attached hydrogens (tertiary/aromatic N) is 1. The van der Waals surface area contributed by atoms with Crippen LogP contribution in [0.5, 0.6) is 0 Å². The standard InChI is InChI=1S/C20H18ClNO4S/c1-3-26-20(23)17-14(2)22(27(24,25)16-12-8-5-9-13-16)19(18(17)21)15-10-6-4-7-11-15/h4-13H,3H2,1-2H3. The molecule has 0 fully saturated rings. The van der Waals surface area contributed by atoms with E-state index in [2.05, 4.69) is 0 Å². The highest BCUT2D eigenvalue weighted by molar-refractivity contribution is 7.90. The minimum Gasteiger partial charge on any atom is -0.462 e. The Balaban J connectivity index is 2.36. The number of hydrogen-bond acceptors (Lipinski definition) is 4. The smallest absolute Gasteiger partial charge is 0.341 e. The Hall–Kier alpha value is -2.57. The minimum atomic E-state index is -3.97. The molecule has 7 heteroatoms. The van der Waals surface area contributed by atoms with E-state index in [-0.39, 0.29) is 33.5 Å². The van der Waals surface area contributed by atoms with Crippen LogP contribution in [0.4, 0.5) is 0 Å². The van der Waals surface area contributed by atoms with Crippen LogP contribution in [0.1, 0.15) is 23.0 Å². The zero-order valence-corrected chi connectivity index (χ0v) is 16.4. The second-order valence-electron chi connectivity index (χ2n) is 5.79. The van der Waals surface area contributed by atoms with Gasteiger partial charge in [-0.1, -0.05) is 60.1 Å². The Morgan fingerprint density at radius 3 is 2.15 bits per heavy atom. The zero-order valence-electron chi connectivity index (χ0n) is 14.8. The third-order valence-corrected chi connectivity index (χ3v) is 6.28. The number of aromatic nitrogens is 1. The van der Waals surface area contributed by atoms with Crippen molar-refractivity contribution in [3.05, 3.63) is 76.9 Å². The Morgan fingerprint density at radius 2 is 1.59 bits per heavy atom. The second kappa shape index (κ2) is 7.58. The second-order valence-corrected chi connectivity index (χ2v) is 7.96. The molecule has 27 heavy (non-hydrogen) atoms. The fourth-order valence-corrected chi connectivity index (χ4v) is 4.97. The maximum Gasteiger partial charge on any atom is 0.341 e. The largest absolute Gasteiger partial charge is 0.462 e. The van der Waals surface area contributed by atoms with Crippen molar-refractivity contribution in [3.63, 3.8) is 0 Å². The number of rotatable bonds is 5. The summed E-state index contributed by atoms with van der Waals surface area (Å²) < 4.78 is 32.9. The highest BCUT2D eigenvalue weighted by atomic mass is 35.5. The Kier molecular flexibility index (Phi) is 5.39. The van der Waals surface area contributed by atoms with Crippen molar-refractivity contribution in [2.45, 2.75) is 18.7 Å². The predicted octanol–water partition coefficient (Wildman–Crippen LogP) is 4.53. The van der Waals surface area contributed by atoms with Crippen LogP contribution in [0, 0.1) is 6.92 Å². The lowest BCUT2D eigenvalue weighted by Gasteiger charge is -2.13. The number of ether oxygens (including phenoxy) is 1. The summed E-state index contributed by atoms with van der Waals surface area (Å²) in [5, 5.41) is 0.0525. The molecule has 0 N–H and O–H groups in total. The fraction of sp³-hybridized carbons (Fsp3) is 0.150. The first-order valence-electron chi connectivity index (χ1n) is 8.33. The average Bonchev–Trinajstić information content (AvgIpc) is 2.94. The summed E-state index contributed by atoms with van der Waals surface area (Å²) in [7, 11) is -3.97. The normalized spacial score (nSPS) is 11.4. The van der Waals surface area contributed by atoms with Crippen LogP contribution in [-0.2, 0) is 14.8 Å². The van der Waals surface area contributed by atoms with E-state index in [0.29, 0.717) is 5.56 Å². The Labute approximate surface area is 163 Å². The molecule has 0 spiro atoms. The highest BCUT2D eigenvalue weighted by Gasteiger charge is 2.32. The van der Waals surface area contributed by atoms with Gasteiger partial charge in [-0.2, -0.15) is 0 Å². The van der Waals surface area contributed by atoms with Gasteiger partial charge in [0.1, 0.15) is 5.56 Å². The van der Waals surface area contributed by atoms with Gasteiger partial charge in [0.2, 0.25) is 0 Å². The number of carbonyl (C=O) groups excluding carboxylic acids is 1. The summed E-state index contributed by atoms with van der Waals surface area (Å²) in [6.07, 6.45) is 0. The lowest BCUT2D eigenvalue weighted by Crippen LogP contribution is -2.16. The maximum absolute atomic E-state index is 13.3. The van der Waals surface area contributed by atoms with E-state index >= 15 is 0 Å². The first-order valence-corrected chi connectivity index (χ1v) is 10.1. The SMILES string of the molecule is CCOC(=O)c1c(Cl)c(-c2ccccc2)n(S(=O)(=O)c2ccccc2)c1C. The van der Waals surface area contributed by atoms with E-state index in [1.807, 2.05) is 6.07 Å². The van der Waals surface area contributed by atoms with E-state index in [1.165, 1.54) is 12.1 Å². The first kappa shape index (κ1) is 19.2. The molecular formula is C20H18ClNO4S. The van der Waals surface area contributed by atoms with Gasteiger partial charge in [0.15, 0.2) is 0 Å². The molecule has 0 aliphatic rings. The minimum absolute atomic E-state index is 0.0525. The van der Waals surface area contributed by atoms with E-state index < -0.39 is 16.0 Å². The van der Waals surface area contributed by atoms with Crippen LogP contribution in [-0.4, -0.2) is 25.0 Å². The number of hydrogen-bond donors (Lipinski definition) is 0. The molecule has 0 aliphatic carbocycles. The van der Waals surface area contributed by atoms with Crippen molar-refractivity contribution in [1.82, 2.24) is 3.97 Å². The molecule has 0 saturated heterocycles. The number of halogens is 1. The third kappa shape index (κ3) is 3.38. The topological polar surface area (TPSA) is 65.4 Å². The molecule has 0 aliphatic heterocycles. The van der Waals surface area contributed by atoms with Crippen LogP contribution in [0.3, 0.4) is 0 Å². The van der Waals surface area contributed by atoms with Crippen molar-refractivity contribution in [2.24, 2.45) is 0 Å². The maximum atomic E-state index is 13.3. The summed E-state index contributed by atoms with van der Waals surface area (Å²) in [6.45, 7) is 3.38. The van der Waals surface area contributed by atoms with Crippen LogP contribution >= 0.6 is 11.6 Å². The quantitative estimate of drug-likeness (QED) is 0.587. The molecule has 0 amide bonds. The molecule has 3 rings (SSSR count). The summed E-state index contributed by atoms with van der Waals surface area (Å²) in [4.78, 5) is 12.5. The van der Waals surface area contributed by atoms with Crippen LogP contribution in [0.2, 0.25) is 5.02 Å². The molecule has 0 saturated carbocycles. The number of benzene rings is 2. The molecule has 140 valence electrons.